The summed E-state index contributed by atoms with van der Waals surface area (Å²) in [4.78, 5) is 0. The van der Waals surface area contributed by atoms with Crippen molar-refractivity contribution in [3.05, 3.63) is 0 Å². The first kappa shape index (κ1) is 12.9. The zero-order valence-corrected chi connectivity index (χ0v) is 11.2. The van der Waals surface area contributed by atoms with Crippen molar-refractivity contribution < 1.29 is 14.2 Å². The van der Waals surface area contributed by atoms with E-state index < -0.39 is 0 Å². The summed E-state index contributed by atoms with van der Waals surface area (Å²) < 4.78 is 17.8. The minimum Gasteiger partial charge on any atom is -0.381 e. The molecule has 0 aromatic carbocycles. The molecule has 3 heterocycles. The summed E-state index contributed by atoms with van der Waals surface area (Å²) in [6.45, 7) is 4.71. The van der Waals surface area contributed by atoms with Crippen LogP contribution < -0.4 is 5.32 Å². The van der Waals surface area contributed by atoms with Gasteiger partial charge >= 0.3 is 0 Å². The van der Waals surface area contributed by atoms with Crippen molar-refractivity contribution in [3.63, 3.8) is 0 Å². The zero-order chi connectivity index (χ0) is 12.3. The van der Waals surface area contributed by atoms with E-state index in [0.717, 1.165) is 58.6 Å². The van der Waals surface area contributed by atoms with Crippen molar-refractivity contribution in [2.45, 2.75) is 56.3 Å². The molecule has 0 aromatic rings. The molecule has 0 amide bonds. The van der Waals surface area contributed by atoms with Crippen molar-refractivity contribution in [3.8, 4) is 0 Å². The van der Waals surface area contributed by atoms with E-state index in [9.17, 15) is 0 Å². The smallest absolute Gasteiger partial charge is 0.0751 e. The van der Waals surface area contributed by atoms with Gasteiger partial charge in [-0.2, -0.15) is 0 Å². The minimum absolute atomic E-state index is 0.0588. The number of rotatable bonds is 2. The molecule has 3 aliphatic heterocycles. The molecule has 0 bridgehead atoms. The SMILES string of the molecule is C1CNC[C@@H](OC2CCOC3(CCOCC3)C2)C1. The fourth-order valence-electron chi connectivity index (χ4n) is 3.40. The monoisotopic (exact) mass is 255 g/mol. The van der Waals surface area contributed by atoms with Crippen molar-refractivity contribution in [1.82, 2.24) is 5.32 Å². The van der Waals surface area contributed by atoms with Crippen LogP contribution in [0.25, 0.3) is 0 Å². The Morgan fingerprint density at radius 3 is 2.72 bits per heavy atom. The molecule has 0 radical (unpaired) electrons. The molecule has 0 aliphatic carbocycles. The predicted octanol–water partition coefficient (Wildman–Crippen LogP) is 1.48. The van der Waals surface area contributed by atoms with Gasteiger partial charge in [-0.15, -0.1) is 0 Å². The molecular weight excluding hydrogens is 230 g/mol. The maximum Gasteiger partial charge on any atom is 0.0751 e. The van der Waals surface area contributed by atoms with Gasteiger partial charge in [-0.3, -0.25) is 0 Å². The lowest BCUT2D eigenvalue weighted by atomic mass is 9.85. The molecule has 18 heavy (non-hydrogen) atoms. The highest BCUT2D eigenvalue weighted by Crippen LogP contribution is 2.35. The van der Waals surface area contributed by atoms with Crippen LogP contribution in [0.5, 0.6) is 0 Å². The molecule has 104 valence electrons. The van der Waals surface area contributed by atoms with Gasteiger partial charge in [-0.1, -0.05) is 0 Å². The van der Waals surface area contributed by atoms with Gasteiger partial charge in [0.1, 0.15) is 0 Å². The Morgan fingerprint density at radius 2 is 1.94 bits per heavy atom. The van der Waals surface area contributed by atoms with Crippen LogP contribution in [0, 0.1) is 0 Å². The normalized spacial score (nSPS) is 36.7. The fraction of sp³-hybridized carbons (Fsp3) is 1.00. The summed E-state index contributed by atoms with van der Waals surface area (Å²) in [6, 6.07) is 0. The first-order valence-corrected chi connectivity index (χ1v) is 7.44. The van der Waals surface area contributed by atoms with E-state index in [1.54, 1.807) is 0 Å². The van der Waals surface area contributed by atoms with E-state index in [4.69, 9.17) is 14.2 Å². The summed E-state index contributed by atoms with van der Waals surface area (Å²) in [6.07, 6.45) is 7.45. The van der Waals surface area contributed by atoms with Crippen LogP contribution in [0.4, 0.5) is 0 Å². The van der Waals surface area contributed by atoms with E-state index >= 15 is 0 Å². The number of hydrogen-bond donors (Lipinski definition) is 1. The largest absolute Gasteiger partial charge is 0.381 e. The highest BCUT2D eigenvalue weighted by molar-refractivity contribution is 4.90. The van der Waals surface area contributed by atoms with Gasteiger partial charge in [0.15, 0.2) is 0 Å². The average molecular weight is 255 g/mol. The average Bonchev–Trinajstić information content (AvgIpc) is 2.41. The van der Waals surface area contributed by atoms with E-state index in [0.29, 0.717) is 12.2 Å². The highest BCUT2D eigenvalue weighted by Gasteiger charge is 2.40. The molecule has 0 aromatic heterocycles. The number of ether oxygens (including phenoxy) is 3. The summed E-state index contributed by atoms with van der Waals surface area (Å²) in [5, 5.41) is 3.42. The molecule has 1 unspecified atom stereocenters. The van der Waals surface area contributed by atoms with Crippen LogP contribution in [0.15, 0.2) is 0 Å². The van der Waals surface area contributed by atoms with Gasteiger partial charge < -0.3 is 19.5 Å². The molecule has 3 saturated heterocycles. The molecule has 3 rings (SSSR count). The van der Waals surface area contributed by atoms with Crippen LogP contribution in [-0.2, 0) is 14.2 Å². The van der Waals surface area contributed by atoms with Gasteiger partial charge in [0.25, 0.3) is 0 Å². The molecule has 4 nitrogen and oxygen atoms in total. The van der Waals surface area contributed by atoms with Crippen molar-refractivity contribution in [2.24, 2.45) is 0 Å². The maximum absolute atomic E-state index is 6.28. The summed E-state index contributed by atoms with van der Waals surface area (Å²) in [5.41, 5.74) is 0.0588. The Hall–Kier alpha value is -0.160. The molecule has 2 atom stereocenters. The van der Waals surface area contributed by atoms with Gasteiger partial charge in [-0.05, 0) is 38.6 Å². The number of hydrogen-bond acceptors (Lipinski definition) is 4. The van der Waals surface area contributed by atoms with E-state index in [-0.39, 0.29) is 5.60 Å². The standard InChI is InChI=1S/C14H25NO3/c1-2-13(11-15-6-1)18-12-3-7-17-14(10-12)4-8-16-9-5-14/h12-13,15H,1-11H2/t12?,13-/m0/s1. The Bertz CT molecular complexity index is 254. The first-order valence-electron chi connectivity index (χ1n) is 7.44. The third-order valence-electron chi connectivity index (χ3n) is 4.49. The van der Waals surface area contributed by atoms with Gasteiger partial charge in [-0.25, -0.2) is 0 Å². The molecule has 3 fully saturated rings. The molecule has 0 saturated carbocycles. The lowest BCUT2D eigenvalue weighted by Gasteiger charge is -2.44. The van der Waals surface area contributed by atoms with Gasteiger partial charge in [0, 0.05) is 32.8 Å². The second-order valence-electron chi connectivity index (χ2n) is 5.86. The summed E-state index contributed by atoms with van der Waals surface area (Å²) >= 11 is 0. The Kier molecular flexibility index (Phi) is 4.19. The van der Waals surface area contributed by atoms with Crippen LogP contribution in [0.2, 0.25) is 0 Å². The van der Waals surface area contributed by atoms with Gasteiger partial charge in [0.05, 0.1) is 17.8 Å². The first-order chi connectivity index (χ1) is 8.86. The van der Waals surface area contributed by atoms with E-state index in [1.165, 1.54) is 12.8 Å². The third kappa shape index (κ3) is 3.05. The highest BCUT2D eigenvalue weighted by atomic mass is 16.5. The van der Waals surface area contributed by atoms with Crippen molar-refractivity contribution in [2.75, 3.05) is 32.9 Å². The second kappa shape index (κ2) is 5.87. The fourth-order valence-corrected chi connectivity index (χ4v) is 3.40. The second-order valence-corrected chi connectivity index (χ2v) is 5.86. The Labute approximate surface area is 109 Å². The maximum atomic E-state index is 6.28. The molecule has 1 N–H and O–H groups in total. The van der Waals surface area contributed by atoms with Crippen molar-refractivity contribution in [1.29, 1.82) is 0 Å². The van der Waals surface area contributed by atoms with E-state index in [2.05, 4.69) is 5.32 Å². The topological polar surface area (TPSA) is 39.7 Å². The van der Waals surface area contributed by atoms with Crippen LogP contribution in [0.3, 0.4) is 0 Å². The molecule has 1 spiro atoms. The predicted molar refractivity (Wildman–Crippen MR) is 68.7 cm³/mol. The van der Waals surface area contributed by atoms with E-state index in [1.807, 2.05) is 0 Å². The van der Waals surface area contributed by atoms with Gasteiger partial charge in [0.2, 0.25) is 0 Å². The lowest BCUT2D eigenvalue weighted by molar-refractivity contribution is -0.179. The lowest BCUT2D eigenvalue weighted by Crippen LogP contribution is -2.48. The zero-order valence-electron chi connectivity index (χ0n) is 11.2. The molecule has 4 heteroatoms. The Balaban J connectivity index is 1.52. The molecule has 3 aliphatic rings. The van der Waals surface area contributed by atoms with Crippen LogP contribution in [0.1, 0.15) is 38.5 Å². The van der Waals surface area contributed by atoms with Crippen LogP contribution in [-0.4, -0.2) is 50.7 Å². The molecular formula is C14H25NO3. The number of piperidine rings is 1. The number of nitrogens with one attached hydrogen (secondary N) is 1. The summed E-state index contributed by atoms with van der Waals surface area (Å²) in [7, 11) is 0. The quantitative estimate of drug-likeness (QED) is 0.811. The Morgan fingerprint density at radius 1 is 1.06 bits per heavy atom. The third-order valence-corrected chi connectivity index (χ3v) is 4.49. The van der Waals surface area contributed by atoms with Crippen LogP contribution >= 0.6 is 0 Å². The summed E-state index contributed by atoms with van der Waals surface area (Å²) in [5.74, 6) is 0. The van der Waals surface area contributed by atoms with Crippen molar-refractivity contribution >= 4 is 0 Å². The minimum atomic E-state index is 0.0588.